The second-order valence-corrected chi connectivity index (χ2v) is 11.1. The van der Waals surface area contributed by atoms with Crippen LogP contribution >= 0.6 is 0 Å². The molecule has 0 aliphatic carbocycles. The number of fused-ring (bicyclic) bond motifs is 5. The number of hydrogen-bond acceptors (Lipinski definition) is 1. The minimum atomic E-state index is -0.411. The molecule has 0 radical (unpaired) electrons. The Morgan fingerprint density at radius 3 is 1.51 bits per heavy atom. The van der Waals surface area contributed by atoms with Gasteiger partial charge in [0.05, 0.1) is 8.22 Å². The van der Waals surface area contributed by atoms with Gasteiger partial charge < -0.3 is 4.42 Å². The molecule has 0 amide bonds. The van der Waals surface area contributed by atoms with Crippen LogP contribution in [0.1, 0.15) is 8.22 Å². The number of benzene rings is 8. The molecule has 1 nitrogen and oxygen atoms in total. The molecule has 0 unspecified atom stereocenters. The van der Waals surface area contributed by atoms with Gasteiger partial charge in [0.1, 0.15) is 11.2 Å². The summed E-state index contributed by atoms with van der Waals surface area (Å²) in [5.74, 6) is 0. The van der Waals surface area contributed by atoms with Gasteiger partial charge in [-0.05, 0) is 72.6 Å². The predicted molar refractivity (Wildman–Crippen MR) is 190 cm³/mol. The Hall–Kier alpha value is -5.92. The molecule has 1 heteroatoms. The van der Waals surface area contributed by atoms with Gasteiger partial charge in [-0.3, -0.25) is 0 Å². The number of rotatable bonds is 4. The lowest BCUT2D eigenvalue weighted by atomic mass is 9.81. The van der Waals surface area contributed by atoms with E-state index in [2.05, 4.69) is 60.7 Å². The van der Waals surface area contributed by atoms with Gasteiger partial charge in [0.15, 0.2) is 0 Å². The van der Waals surface area contributed by atoms with Crippen molar-refractivity contribution in [1.29, 1.82) is 0 Å². The smallest absolute Gasteiger partial charge is 0.136 e. The zero-order chi connectivity index (χ0) is 35.0. The van der Waals surface area contributed by atoms with Crippen LogP contribution in [0.15, 0.2) is 174 Å². The highest BCUT2D eigenvalue weighted by Crippen LogP contribution is 2.50. The molecule has 210 valence electrons. The van der Waals surface area contributed by atoms with Gasteiger partial charge in [0.25, 0.3) is 0 Å². The molecule has 8 aromatic carbocycles. The van der Waals surface area contributed by atoms with Crippen LogP contribution in [0.5, 0.6) is 0 Å². The first-order chi connectivity index (χ1) is 24.9. The predicted octanol–water partition coefficient (Wildman–Crippen LogP) is 12.6. The molecule has 0 fully saturated rings. The van der Waals surface area contributed by atoms with Crippen molar-refractivity contribution in [2.45, 2.75) is 0 Å². The van der Waals surface area contributed by atoms with E-state index in [4.69, 9.17) is 9.90 Å². The third kappa shape index (κ3) is 4.02. The molecule has 9 aromatic rings. The van der Waals surface area contributed by atoms with Gasteiger partial charge in [-0.25, -0.2) is 0 Å². The minimum Gasteiger partial charge on any atom is -0.456 e. The lowest BCUT2D eigenvalue weighted by Crippen LogP contribution is -1.94. The zero-order valence-corrected chi connectivity index (χ0v) is 24.1. The van der Waals surface area contributed by atoms with Gasteiger partial charge in [-0.2, -0.15) is 0 Å². The molecule has 1 aromatic heterocycles. The maximum absolute atomic E-state index is 9.47. The quantitative estimate of drug-likeness (QED) is 0.189. The van der Waals surface area contributed by atoms with E-state index in [0.29, 0.717) is 16.5 Å². The highest BCUT2D eigenvalue weighted by Gasteiger charge is 2.24. The Balaban J connectivity index is 1.54. The van der Waals surface area contributed by atoms with E-state index in [1.807, 2.05) is 72.8 Å². The van der Waals surface area contributed by atoms with Crippen LogP contribution in [0.25, 0.3) is 88.0 Å². The molecule has 0 aliphatic rings. The van der Waals surface area contributed by atoms with Crippen molar-refractivity contribution < 1.29 is 12.6 Å². The van der Waals surface area contributed by atoms with E-state index in [0.717, 1.165) is 54.9 Å². The summed E-state index contributed by atoms with van der Waals surface area (Å²) in [7, 11) is 0. The van der Waals surface area contributed by atoms with Crippen molar-refractivity contribution in [1.82, 2.24) is 0 Å². The molecule has 0 bridgehead atoms. The molecule has 0 saturated carbocycles. The van der Waals surface area contributed by atoms with Gasteiger partial charge in [-0.15, -0.1) is 0 Å². The summed E-state index contributed by atoms with van der Waals surface area (Å²) in [5, 5.41) is 4.36. The summed E-state index contributed by atoms with van der Waals surface area (Å²) in [6.07, 6.45) is 0. The van der Waals surface area contributed by atoms with Crippen LogP contribution in [0.2, 0.25) is 0 Å². The Morgan fingerprint density at radius 2 is 0.867 bits per heavy atom. The summed E-state index contributed by atoms with van der Waals surface area (Å²) in [4.78, 5) is 0. The van der Waals surface area contributed by atoms with Crippen LogP contribution in [0.3, 0.4) is 0 Å². The Bertz CT molecular complexity index is 2800. The van der Waals surface area contributed by atoms with E-state index < -0.39 is 6.04 Å². The van der Waals surface area contributed by atoms with Gasteiger partial charge >= 0.3 is 0 Å². The maximum Gasteiger partial charge on any atom is 0.136 e. The minimum absolute atomic E-state index is 0.0302. The summed E-state index contributed by atoms with van der Waals surface area (Å²) >= 11 is 0. The van der Waals surface area contributed by atoms with Gasteiger partial charge in [0.2, 0.25) is 0 Å². The molecular weight excluding hydrogens is 544 g/mol. The fourth-order valence-electron chi connectivity index (χ4n) is 6.78. The van der Waals surface area contributed by atoms with Crippen molar-refractivity contribution in [2.75, 3.05) is 0 Å². The topological polar surface area (TPSA) is 13.1 Å². The van der Waals surface area contributed by atoms with Crippen LogP contribution in [0.4, 0.5) is 0 Å². The van der Waals surface area contributed by atoms with Crippen molar-refractivity contribution in [3.63, 3.8) is 0 Å². The first kappa shape index (κ1) is 20.1. The molecule has 0 aliphatic heterocycles. The third-order valence-corrected chi connectivity index (χ3v) is 8.66. The van der Waals surface area contributed by atoms with E-state index >= 15 is 0 Å². The molecule has 0 saturated heterocycles. The first-order valence-corrected chi connectivity index (χ1v) is 15.0. The SMILES string of the molecule is [2H]c1c([2H])c([2H])c2c(oc3c([2H])c([2H])c(-c4ccccc4)c(-c4c5ccccc5c(-c5ccccc5-c5ccccc5)c5ccccc45)c32)c1[2H]. The normalized spacial score (nSPS) is 13.4. The fraction of sp³-hybridized carbons (Fsp3) is 0. The maximum atomic E-state index is 9.47. The Kier molecular flexibility index (Phi) is 4.63. The monoisotopic (exact) mass is 578 g/mol. The average molecular weight is 579 g/mol. The number of hydrogen-bond donors (Lipinski definition) is 0. The van der Waals surface area contributed by atoms with Crippen molar-refractivity contribution in [3.8, 4) is 44.5 Å². The summed E-state index contributed by atoms with van der Waals surface area (Å²) < 4.78 is 59.8. The van der Waals surface area contributed by atoms with Crippen LogP contribution in [-0.4, -0.2) is 0 Å². The summed E-state index contributed by atoms with van der Waals surface area (Å²) in [6.45, 7) is 0. The van der Waals surface area contributed by atoms with Crippen molar-refractivity contribution in [2.24, 2.45) is 0 Å². The molecule has 9 rings (SSSR count). The lowest BCUT2D eigenvalue weighted by molar-refractivity contribution is 0.669. The second-order valence-electron chi connectivity index (χ2n) is 11.1. The molecule has 45 heavy (non-hydrogen) atoms. The van der Waals surface area contributed by atoms with E-state index in [1.54, 1.807) is 0 Å². The van der Waals surface area contributed by atoms with E-state index in [-0.39, 0.29) is 46.8 Å². The Morgan fingerprint density at radius 1 is 0.356 bits per heavy atom. The lowest BCUT2D eigenvalue weighted by Gasteiger charge is -2.21. The highest BCUT2D eigenvalue weighted by atomic mass is 16.3. The fourth-order valence-corrected chi connectivity index (χ4v) is 6.78. The largest absolute Gasteiger partial charge is 0.456 e. The molecular formula is C44H28O. The molecule has 0 N–H and O–H groups in total. The zero-order valence-electron chi connectivity index (χ0n) is 30.1. The van der Waals surface area contributed by atoms with Crippen LogP contribution in [0, 0.1) is 0 Å². The molecule has 0 atom stereocenters. The van der Waals surface area contributed by atoms with Gasteiger partial charge in [0, 0.05) is 16.3 Å². The number of furan rings is 1. The van der Waals surface area contributed by atoms with E-state index in [9.17, 15) is 2.74 Å². The third-order valence-electron chi connectivity index (χ3n) is 8.66. The van der Waals surface area contributed by atoms with Crippen LogP contribution < -0.4 is 0 Å². The summed E-state index contributed by atoms with van der Waals surface area (Å²) in [5.41, 5.74) is 6.96. The molecule has 1 heterocycles. The Labute approximate surface area is 270 Å². The standard InChI is InChI=1S/C44H28O/c1-3-15-29(16-4-1)31-19-7-8-20-33(31)41-34-21-9-11-23-36(34)42(37-24-12-10-22-35(37)41)44-32(30-17-5-2-6-18-30)27-28-40-43(44)38-25-13-14-26-39(38)45-40/h1-28H/i13D,14D,25D,26D,27D,28D. The average Bonchev–Trinajstić information content (AvgIpc) is 3.58. The summed E-state index contributed by atoms with van der Waals surface area (Å²) in [6, 6.07) is 43.1. The second kappa shape index (κ2) is 10.4. The first-order valence-electron chi connectivity index (χ1n) is 18.0. The molecule has 0 spiro atoms. The van der Waals surface area contributed by atoms with Gasteiger partial charge in [-0.1, -0.05) is 158 Å². The van der Waals surface area contributed by atoms with E-state index in [1.165, 1.54) is 0 Å². The van der Waals surface area contributed by atoms with Crippen molar-refractivity contribution >= 4 is 43.5 Å². The highest BCUT2D eigenvalue weighted by molar-refractivity contribution is 6.28. The van der Waals surface area contributed by atoms with Crippen molar-refractivity contribution in [3.05, 3.63) is 170 Å². The number of para-hydroxylation sites is 1. The van der Waals surface area contributed by atoms with Crippen LogP contribution in [-0.2, 0) is 0 Å².